The number of ketones is 4. The second-order valence-corrected chi connectivity index (χ2v) is 23.5. The van der Waals surface area contributed by atoms with E-state index < -0.39 is 17.6 Å². The van der Waals surface area contributed by atoms with Gasteiger partial charge >= 0.3 is 5.97 Å². The number of aliphatic imine (C=N–C) groups is 1. The third-order valence-electron chi connectivity index (χ3n) is 14.7. The van der Waals surface area contributed by atoms with E-state index in [4.69, 9.17) is 11.5 Å². The van der Waals surface area contributed by atoms with Crippen molar-refractivity contribution in [3.63, 3.8) is 0 Å². The van der Waals surface area contributed by atoms with Crippen LogP contribution < -0.4 is 38.1 Å². The van der Waals surface area contributed by atoms with Gasteiger partial charge in [-0.15, -0.1) is 5.11 Å². The zero-order valence-electron chi connectivity index (χ0n) is 56.2. The number of carbonyl (C=O) groups is 10. The van der Waals surface area contributed by atoms with E-state index in [1.54, 1.807) is 97.1 Å². The van der Waals surface area contributed by atoms with Gasteiger partial charge in [-0.2, -0.15) is 5.11 Å². The van der Waals surface area contributed by atoms with Crippen LogP contribution >= 0.6 is 0 Å². The molecule has 4 atom stereocenters. The molecule has 98 heavy (non-hydrogen) atoms. The molecule has 7 aromatic carbocycles. The number of amides is 5. The van der Waals surface area contributed by atoms with Crippen LogP contribution in [-0.2, 0) is 65.6 Å². The number of hydrogen-bond donors (Lipinski definition) is 8. The van der Waals surface area contributed by atoms with E-state index in [2.05, 4.69) is 91.2 Å². The van der Waals surface area contributed by atoms with Crippen LogP contribution in [0.5, 0.6) is 0 Å². The Morgan fingerprint density at radius 3 is 1.32 bits per heavy atom. The summed E-state index contributed by atoms with van der Waals surface area (Å²) in [6, 6.07) is 53.9. The molecule has 0 aliphatic carbocycles. The number of anilines is 7. The zero-order chi connectivity index (χ0) is 71.8. The summed E-state index contributed by atoms with van der Waals surface area (Å²) >= 11 is 0. The standard InChI is InChI=1S/C52H56N6O6.C14H16N2O4.C6H8N2.C4H4O2/c1-33(41-13-9-7-10-14-41)29-35(3)47(61)31-39-17-23-46(24-18-39)57-58-49(38(6)60)52(64)56-45-27-25-44(26-28-45)55-51(63)48(37(5)59)53-32-40-19-21-43(22-20-40)54-50(62)36(4)30-34(2)42-15-11-8-12-16-42;1-9(17)7-13(19)15-11-3-5-12(6-4-11)16-14(20)8-10(2)18;7-5-1-2-6(8)4-3-5;1-3-2-4(5)6-3/h7-28,33-36,60H,29-32H2,1-6H3,(H,54,62)(H,55,63)(H,56,64);3-6H,7-8H2,1-2H3,(H,15,19)(H,16,20);1-4H,7-8H2;1-2H2. The van der Waals surface area contributed by atoms with E-state index in [0.717, 1.165) is 28.9 Å². The summed E-state index contributed by atoms with van der Waals surface area (Å²) < 4.78 is 4.31. The topological polar surface area (TPSA) is 349 Å². The Morgan fingerprint density at radius 1 is 0.520 bits per heavy atom. The summed E-state index contributed by atoms with van der Waals surface area (Å²) in [4.78, 5) is 123. The van der Waals surface area contributed by atoms with Crippen LogP contribution in [0.25, 0.3) is 0 Å². The fourth-order valence-electron chi connectivity index (χ4n) is 9.38. The molecule has 0 radical (unpaired) electrons. The fraction of sp³-hybridized carbons (Fsp3) is 0.250. The highest BCUT2D eigenvalue weighted by molar-refractivity contribution is 6.67. The van der Waals surface area contributed by atoms with Crippen molar-refractivity contribution in [1.29, 1.82) is 0 Å². The number of nitrogens with two attached hydrogens (primary N) is 2. The van der Waals surface area contributed by atoms with Gasteiger partial charge < -0.3 is 47.9 Å². The maximum absolute atomic E-state index is 13.1. The largest absolute Gasteiger partial charge is 0.510 e. The predicted octanol–water partition coefficient (Wildman–Crippen LogP) is 13.9. The van der Waals surface area contributed by atoms with Crippen molar-refractivity contribution in [2.45, 2.75) is 112 Å². The summed E-state index contributed by atoms with van der Waals surface area (Å²) in [5, 5.41) is 31.8. The van der Waals surface area contributed by atoms with E-state index in [9.17, 15) is 53.1 Å². The number of ether oxygens (including phenoxy) is 1. The van der Waals surface area contributed by atoms with E-state index in [1.807, 2.05) is 50.2 Å². The van der Waals surface area contributed by atoms with Crippen molar-refractivity contribution in [2.75, 3.05) is 38.1 Å². The Bertz CT molecular complexity index is 3910. The monoisotopic (exact) mass is 1330 g/mol. The van der Waals surface area contributed by atoms with Crippen LogP contribution in [0.3, 0.4) is 0 Å². The van der Waals surface area contributed by atoms with Gasteiger partial charge in [0, 0.05) is 65.0 Å². The van der Waals surface area contributed by atoms with Crippen molar-refractivity contribution >= 4 is 110 Å². The van der Waals surface area contributed by atoms with Crippen LogP contribution in [0.2, 0.25) is 0 Å². The van der Waals surface area contributed by atoms with Crippen molar-refractivity contribution < 1.29 is 57.8 Å². The maximum atomic E-state index is 13.1. The number of rotatable bonds is 26. The summed E-state index contributed by atoms with van der Waals surface area (Å²) in [5.41, 5.74) is 18.4. The van der Waals surface area contributed by atoms with Gasteiger partial charge in [0.25, 0.3) is 11.8 Å². The smallest absolute Gasteiger partial charge is 0.318 e. The summed E-state index contributed by atoms with van der Waals surface area (Å²) in [5.74, 6) is -2.80. The lowest BCUT2D eigenvalue weighted by molar-refractivity contribution is -0.148. The van der Waals surface area contributed by atoms with Gasteiger partial charge in [0.05, 0.1) is 25.1 Å². The van der Waals surface area contributed by atoms with Crippen LogP contribution in [0.15, 0.2) is 221 Å². The van der Waals surface area contributed by atoms with Gasteiger partial charge in [0.1, 0.15) is 35.3 Å². The highest BCUT2D eigenvalue weighted by Crippen LogP contribution is 2.27. The number of nitrogens with zero attached hydrogens (tertiary/aromatic N) is 3. The van der Waals surface area contributed by atoms with E-state index in [-0.39, 0.29) is 108 Å². The number of hydrogen-bond acceptors (Lipinski definition) is 17. The number of benzene rings is 7. The third-order valence-corrected chi connectivity index (χ3v) is 14.7. The first-order valence-corrected chi connectivity index (χ1v) is 31.5. The lowest BCUT2D eigenvalue weighted by Gasteiger charge is -2.17. The first-order valence-electron chi connectivity index (χ1n) is 31.5. The van der Waals surface area contributed by atoms with Crippen molar-refractivity contribution in [2.24, 2.45) is 27.1 Å². The molecule has 0 spiro atoms. The minimum atomic E-state index is -0.717. The van der Waals surface area contributed by atoms with Crippen molar-refractivity contribution in [3.05, 3.63) is 228 Å². The molecular formula is C76H84N10O12. The van der Waals surface area contributed by atoms with Gasteiger partial charge in [0.2, 0.25) is 17.7 Å². The minimum absolute atomic E-state index is 0.0605. The first-order chi connectivity index (χ1) is 46.6. The lowest BCUT2D eigenvalue weighted by atomic mass is 9.87. The second kappa shape index (κ2) is 39.2. The normalized spacial score (nSPS) is 12.9. The number of esters is 1. The van der Waals surface area contributed by atoms with E-state index in [0.29, 0.717) is 52.7 Å². The Hall–Kier alpha value is -11.8. The van der Waals surface area contributed by atoms with Crippen LogP contribution in [0, 0.1) is 11.8 Å². The molecule has 22 nitrogen and oxygen atoms in total. The van der Waals surface area contributed by atoms with E-state index in [1.165, 1.54) is 63.1 Å². The third kappa shape index (κ3) is 28.0. The number of nitrogens with one attached hydrogen (secondary N) is 5. The number of aliphatic hydroxyl groups excluding tert-OH is 1. The van der Waals surface area contributed by atoms with Crippen molar-refractivity contribution in [1.82, 2.24) is 0 Å². The highest BCUT2D eigenvalue weighted by Gasteiger charge is 2.22. The molecule has 10 N–H and O–H groups in total. The van der Waals surface area contributed by atoms with Crippen LogP contribution in [0.1, 0.15) is 122 Å². The first kappa shape index (κ1) is 76.9. The molecule has 1 fully saturated rings. The average molecular weight is 1330 g/mol. The number of allylic oxidation sites excluding steroid dienone is 1. The second-order valence-electron chi connectivity index (χ2n) is 23.5. The predicted molar refractivity (Wildman–Crippen MR) is 382 cm³/mol. The van der Waals surface area contributed by atoms with Gasteiger partial charge in [0.15, 0.2) is 17.2 Å². The van der Waals surface area contributed by atoms with E-state index >= 15 is 0 Å². The molecule has 5 amide bonds. The molecule has 7 aromatic rings. The Kier molecular flexibility index (Phi) is 30.7. The van der Waals surface area contributed by atoms with Crippen molar-refractivity contribution in [3.8, 4) is 0 Å². The number of nitrogen functional groups attached to an aromatic ring is 2. The van der Waals surface area contributed by atoms with Gasteiger partial charge in [-0.25, -0.2) is 0 Å². The molecule has 510 valence electrons. The summed E-state index contributed by atoms with van der Waals surface area (Å²) in [6.45, 7) is 16.8. The molecule has 1 heterocycles. The number of carbonyl (C=O) groups excluding carboxylic acids is 10. The molecule has 4 unspecified atom stereocenters. The number of Topliss-reactive ketones (excluding diaryl/α,β-unsaturated/α-hetero) is 4. The number of aliphatic hydroxyl groups is 1. The molecule has 8 rings (SSSR count). The molecule has 1 aliphatic rings. The van der Waals surface area contributed by atoms with Gasteiger partial charge in [-0.3, -0.25) is 52.9 Å². The van der Waals surface area contributed by atoms with Crippen LogP contribution in [-0.4, -0.2) is 69.5 Å². The van der Waals surface area contributed by atoms with Gasteiger partial charge in [-0.05, 0) is 165 Å². The zero-order valence-corrected chi connectivity index (χ0v) is 56.2. The average Bonchev–Trinajstić information content (AvgIpc) is 1.03. The van der Waals surface area contributed by atoms with Crippen LogP contribution in [0.4, 0.5) is 45.5 Å². The summed E-state index contributed by atoms with van der Waals surface area (Å²) in [6.07, 6.45) is 1.82. The van der Waals surface area contributed by atoms with Gasteiger partial charge in [-0.1, -0.05) is 119 Å². The molecule has 0 aromatic heterocycles. The number of azo groups is 1. The highest BCUT2D eigenvalue weighted by atomic mass is 16.6. The molecule has 1 saturated heterocycles. The molecular weight excluding hydrogens is 1240 g/mol. The lowest BCUT2D eigenvalue weighted by Crippen LogP contribution is -2.28. The molecule has 0 saturated carbocycles. The minimum Gasteiger partial charge on any atom is -0.510 e. The quantitative estimate of drug-likeness (QED) is 0.00475. The Balaban J connectivity index is 0.000000410. The maximum Gasteiger partial charge on any atom is 0.318 e. The number of cyclic esters (lactones) is 1. The SMILES string of the molecule is C=C1CC(=O)O1.CC(=O)C(=NCc1ccc(NC(=O)C(C)CC(C)c2ccccc2)cc1)C(=O)Nc1ccc(NC(=O)C(N=Nc2ccc(CC(=O)C(C)CC(C)c3ccccc3)cc2)=C(C)O)cc1.CC(=O)CC(=O)Nc1ccc(NC(=O)CC(C)=O)cc1.Nc1ccc(N)cc1. The molecule has 0 bridgehead atoms. The molecule has 1 aliphatic heterocycles. The fourth-order valence-corrected chi connectivity index (χ4v) is 9.38. The Labute approximate surface area is 570 Å². The summed E-state index contributed by atoms with van der Waals surface area (Å²) in [7, 11) is 0. The molecule has 22 heteroatoms. The Morgan fingerprint density at radius 2 is 0.918 bits per heavy atom.